The number of furan rings is 1. The van der Waals surface area contributed by atoms with Crippen LogP contribution in [0.25, 0.3) is 53.5 Å². The number of aryl methyl sites for hydroxylation is 2. The monoisotopic (exact) mass is 517 g/mol. The van der Waals surface area contributed by atoms with E-state index in [9.17, 15) is 0 Å². The van der Waals surface area contributed by atoms with Gasteiger partial charge in [0.1, 0.15) is 11.3 Å². The molecule has 0 saturated carbocycles. The molecule has 0 aliphatic carbocycles. The van der Waals surface area contributed by atoms with Crippen molar-refractivity contribution < 1.29 is 4.42 Å². The molecule has 192 valence electrons. The fraction of sp³-hybridized carbons (Fsp3) is 0.286. The summed E-state index contributed by atoms with van der Waals surface area (Å²) in [6.45, 7) is 15.7. The van der Waals surface area contributed by atoms with E-state index >= 15 is 0 Å². The molecule has 0 fully saturated rings. The number of aromatic nitrogens is 1. The molecule has 2 nitrogen and oxygen atoms in total. The quantitative estimate of drug-likeness (QED) is 0.232. The van der Waals surface area contributed by atoms with Gasteiger partial charge in [-0.25, -0.2) is 0 Å². The summed E-state index contributed by atoms with van der Waals surface area (Å²) in [5, 5.41) is 5.07. The third-order valence-corrected chi connectivity index (χ3v) is 8.96. The zero-order valence-corrected chi connectivity index (χ0v) is 24.2. The predicted octanol–water partition coefficient (Wildman–Crippen LogP) is 10.6. The first-order valence-corrected chi connectivity index (χ1v) is 14.4. The highest BCUT2D eigenvalue weighted by molar-refractivity contribution is 7.22. The van der Waals surface area contributed by atoms with Crippen LogP contribution < -0.4 is 0 Å². The molecule has 3 aromatic carbocycles. The van der Waals surface area contributed by atoms with Crippen molar-refractivity contribution in [1.29, 1.82) is 0 Å². The molecule has 38 heavy (non-hydrogen) atoms. The van der Waals surface area contributed by atoms with E-state index in [1.165, 1.54) is 58.9 Å². The van der Waals surface area contributed by atoms with Gasteiger partial charge in [-0.15, -0.1) is 11.3 Å². The zero-order chi connectivity index (χ0) is 26.8. The summed E-state index contributed by atoms with van der Waals surface area (Å²) >= 11 is 1.85. The fourth-order valence-corrected chi connectivity index (χ4v) is 7.03. The van der Waals surface area contributed by atoms with Crippen molar-refractivity contribution in [2.24, 2.45) is 5.92 Å². The van der Waals surface area contributed by atoms with Gasteiger partial charge in [-0.2, -0.15) is 0 Å². The Balaban J connectivity index is 1.53. The maximum atomic E-state index is 6.25. The number of rotatable bonds is 4. The third kappa shape index (κ3) is 4.14. The number of fused-ring (bicyclic) bond motifs is 3. The van der Waals surface area contributed by atoms with Gasteiger partial charge < -0.3 is 4.42 Å². The van der Waals surface area contributed by atoms with Gasteiger partial charge >= 0.3 is 0 Å². The Hall–Kier alpha value is -3.43. The van der Waals surface area contributed by atoms with Crippen molar-refractivity contribution in [3.05, 3.63) is 89.3 Å². The van der Waals surface area contributed by atoms with Gasteiger partial charge in [-0.05, 0) is 83.3 Å². The van der Waals surface area contributed by atoms with Crippen molar-refractivity contribution in [1.82, 2.24) is 4.98 Å². The Labute approximate surface area is 229 Å². The molecular weight excluding hydrogens is 482 g/mol. The lowest BCUT2D eigenvalue weighted by atomic mass is 9.82. The van der Waals surface area contributed by atoms with Crippen LogP contribution in [0.4, 0.5) is 0 Å². The van der Waals surface area contributed by atoms with Gasteiger partial charge in [0.05, 0.1) is 5.69 Å². The standard InChI is InChI=1S/C35H35NOS/c1-20(2)16-28-22(4)37-30-19-24(12-13-27(28)30)34-21(3)32-31(38-34)14-15-36-33(32)25-17-23-10-8-9-11-26(23)29(18-25)35(5,6)7/h8-15,17-20H,16H2,1-7H3. The topological polar surface area (TPSA) is 26.0 Å². The van der Waals surface area contributed by atoms with E-state index in [-0.39, 0.29) is 5.41 Å². The Morgan fingerprint density at radius 1 is 0.895 bits per heavy atom. The second-order valence-corrected chi connectivity index (χ2v) is 13.1. The van der Waals surface area contributed by atoms with E-state index in [0.717, 1.165) is 23.5 Å². The predicted molar refractivity (Wildman–Crippen MR) is 164 cm³/mol. The number of hydrogen-bond acceptors (Lipinski definition) is 3. The lowest BCUT2D eigenvalue weighted by Gasteiger charge is -2.23. The number of pyridine rings is 1. The van der Waals surface area contributed by atoms with E-state index in [1.54, 1.807) is 0 Å². The molecule has 0 bridgehead atoms. The largest absolute Gasteiger partial charge is 0.461 e. The van der Waals surface area contributed by atoms with E-state index in [2.05, 4.69) is 109 Å². The lowest BCUT2D eigenvalue weighted by Crippen LogP contribution is -2.12. The normalized spacial score (nSPS) is 12.4. The third-order valence-electron chi connectivity index (χ3n) is 7.65. The first kappa shape index (κ1) is 24.9. The van der Waals surface area contributed by atoms with Crippen molar-refractivity contribution >= 4 is 43.2 Å². The van der Waals surface area contributed by atoms with E-state index in [4.69, 9.17) is 9.40 Å². The molecule has 0 unspecified atom stereocenters. The molecule has 0 atom stereocenters. The molecule has 0 radical (unpaired) electrons. The van der Waals surface area contributed by atoms with Gasteiger partial charge in [0, 0.05) is 37.7 Å². The minimum Gasteiger partial charge on any atom is -0.461 e. The smallest absolute Gasteiger partial charge is 0.135 e. The Bertz CT molecular complexity index is 1830. The zero-order valence-electron chi connectivity index (χ0n) is 23.4. The maximum absolute atomic E-state index is 6.25. The molecule has 6 rings (SSSR count). The van der Waals surface area contributed by atoms with Crippen LogP contribution in [0.3, 0.4) is 0 Å². The van der Waals surface area contributed by atoms with Crippen LogP contribution in [0.15, 0.2) is 71.3 Å². The molecular formula is C35H35NOS. The average molecular weight is 518 g/mol. The number of thiophene rings is 1. The summed E-state index contributed by atoms with van der Waals surface area (Å²) in [7, 11) is 0. The van der Waals surface area contributed by atoms with Crippen molar-refractivity contribution in [2.45, 2.75) is 60.3 Å². The van der Waals surface area contributed by atoms with E-state index in [1.807, 2.05) is 17.5 Å². The van der Waals surface area contributed by atoms with Gasteiger partial charge in [0.15, 0.2) is 0 Å². The average Bonchev–Trinajstić information content (AvgIpc) is 3.38. The number of hydrogen-bond donors (Lipinski definition) is 0. The molecule has 0 aliphatic rings. The molecule has 0 aliphatic heterocycles. The summed E-state index contributed by atoms with van der Waals surface area (Å²) in [6.07, 6.45) is 3.00. The summed E-state index contributed by atoms with van der Waals surface area (Å²) in [5.41, 5.74) is 8.44. The molecule has 0 amide bonds. The first-order valence-electron chi connectivity index (χ1n) is 13.6. The molecule has 0 spiro atoms. The van der Waals surface area contributed by atoms with Crippen molar-refractivity contribution in [3.8, 4) is 21.7 Å². The van der Waals surface area contributed by atoms with Crippen LogP contribution in [-0.4, -0.2) is 4.98 Å². The van der Waals surface area contributed by atoms with E-state index in [0.29, 0.717) is 5.92 Å². The Morgan fingerprint density at radius 3 is 2.45 bits per heavy atom. The SMILES string of the molecule is Cc1oc2cc(-c3sc4ccnc(-c5cc(C(C)(C)C)c6ccccc6c5)c4c3C)ccc2c1CC(C)C. The highest BCUT2D eigenvalue weighted by Crippen LogP contribution is 2.44. The highest BCUT2D eigenvalue weighted by atomic mass is 32.1. The van der Waals surface area contributed by atoms with Gasteiger partial charge in [0.2, 0.25) is 0 Å². The molecule has 3 heterocycles. The van der Waals surface area contributed by atoms with Crippen LogP contribution in [-0.2, 0) is 11.8 Å². The minimum atomic E-state index is 0.0311. The molecule has 0 saturated heterocycles. The van der Waals surface area contributed by atoms with Crippen LogP contribution in [0.2, 0.25) is 0 Å². The second kappa shape index (κ2) is 9.10. The summed E-state index contributed by atoms with van der Waals surface area (Å²) in [5.74, 6) is 1.63. The Morgan fingerprint density at radius 2 is 1.68 bits per heavy atom. The van der Waals surface area contributed by atoms with Gasteiger partial charge in [-0.3, -0.25) is 4.98 Å². The summed E-state index contributed by atoms with van der Waals surface area (Å²) in [4.78, 5) is 6.24. The lowest BCUT2D eigenvalue weighted by molar-refractivity contribution is 0.560. The maximum Gasteiger partial charge on any atom is 0.135 e. The highest BCUT2D eigenvalue weighted by Gasteiger charge is 2.22. The molecule has 3 heteroatoms. The summed E-state index contributed by atoms with van der Waals surface area (Å²) in [6, 6.07) is 22.3. The number of nitrogens with zero attached hydrogens (tertiary/aromatic N) is 1. The number of benzene rings is 3. The van der Waals surface area contributed by atoms with Gasteiger partial charge in [-0.1, -0.05) is 71.0 Å². The minimum absolute atomic E-state index is 0.0311. The van der Waals surface area contributed by atoms with Crippen LogP contribution in [0, 0.1) is 19.8 Å². The fourth-order valence-electron chi connectivity index (χ4n) is 5.83. The van der Waals surface area contributed by atoms with Crippen LogP contribution >= 0.6 is 11.3 Å². The second-order valence-electron chi connectivity index (χ2n) is 12.0. The van der Waals surface area contributed by atoms with Gasteiger partial charge in [0.25, 0.3) is 0 Å². The molecule has 6 aromatic rings. The van der Waals surface area contributed by atoms with Crippen LogP contribution in [0.5, 0.6) is 0 Å². The van der Waals surface area contributed by atoms with Crippen LogP contribution in [0.1, 0.15) is 57.1 Å². The van der Waals surface area contributed by atoms with Crippen molar-refractivity contribution in [3.63, 3.8) is 0 Å². The first-order chi connectivity index (χ1) is 18.1. The summed E-state index contributed by atoms with van der Waals surface area (Å²) < 4.78 is 7.52. The Kier molecular flexibility index (Phi) is 5.96. The molecule has 3 aromatic heterocycles. The molecule has 0 N–H and O–H groups in total. The van der Waals surface area contributed by atoms with E-state index < -0.39 is 0 Å². The van der Waals surface area contributed by atoms with Crippen molar-refractivity contribution in [2.75, 3.05) is 0 Å².